The lowest BCUT2D eigenvalue weighted by molar-refractivity contribution is 0.155. The molecule has 164 valence electrons. The minimum Gasteiger partial charge on any atom is -0.493 e. The van der Waals surface area contributed by atoms with Crippen LogP contribution in [0, 0.1) is 5.92 Å². The van der Waals surface area contributed by atoms with Crippen LogP contribution in [0.3, 0.4) is 0 Å². The number of benzene rings is 1. The molecular weight excluding hydrogens is 364 g/mol. The summed E-state index contributed by atoms with van der Waals surface area (Å²) in [7, 11) is 3.61. The Morgan fingerprint density at radius 1 is 1.21 bits per heavy atom. The van der Waals surface area contributed by atoms with Crippen LogP contribution in [-0.4, -0.2) is 70.5 Å². The zero-order valence-corrected chi connectivity index (χ0v) is 18.7. The molecule has 6 nitrogen and oxygen atoms in total. The van der Waals surface area contributed by atoms with Crippen molar-refractivity contribution in [2.24, 2.45) is 10.9 Å². The first kappa shape index (κ1) is 23.5. The standard InChI is InChI=1S/C23H40N4O2/c1-19(2)18-29-22-8-6-20(7-9-22)10-13-25-23(24-3)26-21-11-15-27(16-12-21)14-5-17-28-4/h6-9,19,21H,5,10-18H2,1-4H3,(H2,24,25,26). The quantitative estimate of drug-likeness (QED) is 0.337. The molecule has 1 saturated heterocycles. The van der Waals surface area contributed by atoms with Gasteiger partial charge in [0.15, 0.2) is 5.96 Å². The molecule has 1 aliphatic rings. The van der Waals surface area contributed by atoms with Gasteiger partial charge in [0.25, 0.3) is 0 Å². The van der Waals surface area contributed by atoms with E-state index in [-0.39, 0.29) is 0 Å². The SMILES string of the molecule is CN=C(NCCc1ccc(OCC(C)C)cc1)NC1CCN(CCCOC)CC1. The summed E-state index contributed by atoms with van der Waals surface area (Å²) in [4.78, 5) is 6.92. The summed E-state index contributed by atoms with van der Waals surface area (Å²) < 4.78 is 10.9. The fraction of sp³-hybridized carbons (Fsp3) is 0.696. The zero-order chi connectivity index (χ0) is 20.9. The van der Waals surface area contributed by atoms with Gasteiger partial charge in [-0.05, 0) is 49.3 Å². The highest BCUT2D eigenvalue weighted by molar-refractivity contribution is 5.79. The topological polar surface area (TPSA) is 58.1 Å². The summed E-state index contributed by atoms with van der Waals surface area (Å²) in [5.74, 6) is 2.39. The van der Waals surface area contributed by atoms with Crippen LogP contribution in [0.2, 0.25) is 0 Å². The molecule has 6 heteroatoms. The van der Waals surface area contributed by atoms with Crippen LogP contribution < -0.4 is 15.4 Å². The van der Waals surface area contributed by atoms with E-state index in [0.717, 1.165) is 76.8 Å². The average molecular weight is 405 g/mol. The molecule has 0 spiro atoms. The minimum absolute atomic E-state index is 0.497. The highest BCUT2D eigenvalue weighted by Gasteiger charge is 2.19. The van der Waals surface area contributed by atoms with Crippen molar-refractivity contribution in [3.63, 3.8) is 0 Å². The number of likely N-dealkylation sites (tertiary alicyclic amines) is 1. The van der Waals surface area contributed by atoms with Crippen molar-refractivity contribution in [1.82, 2.24) is 15.5 Å². The van der Waals surface area contributed by atoms with Gasteiger partial charge in [-0.25, -0.2) is 0 Å². The van der Waals surface area contributed by atoms with Crippen molar-refractivity contribution in [3.8, 4) is 5.75 Å². The Bertz CT molecular complexity index is 581. The Morgan fingerprint density at radius 2 is 1.93 bits per heavy atom. The fourth-order valence-electron chi connectivity index (χ4n) is 3.46. The van der Waals surface area contributed by atoms with E-state index in [2.05, 4.69) is 58.6 Å². The maximum absolute atomic E-state index is 5.75. The molecule has 0 aromatic heterocycles. The van der Waals surface area contributed by atoms with Gasteiger partial charge < -0.3 is 25.0 Å². The second-order valence-electron chi connectivity index (χ2n) is 8.20. The molecule has 1 heterocycles. The number of guanidine groups is 1. The summed E-state index contributed by atoms with van der Waals surface area (Å²) in [6, 6.07) is 8.91. The van der Waals surface area contributed by atoms with Crippen molar-refractivity contribution >= 4 is 5.96 Å². The first-order valence-electron chi connectivity index (χ1n) is 11.0. The largest absolute Gasteiger partial charge is 0.493 e. The van der Waals surface area contributed by atoms with E-state index in [1.54, 1.807) is 7.11 Å². The molecule has 0 radical (unpaired) electrons. The highest BCUT2D eigenvalue weighted by Crippen LogP contribution is 2.14. The zero-order valence-electron chi connectivity index (χ0n) is 18.7. The number of aliphatic imine (C=N–C) groups is 1. The van der Waals surface area contributed by atoms with E-state index < -0.39 is 0 Å². The second kappa shape index (κ2) is 13.4. The van der Waals surface area contributed by atoms with Crippen LogP contribution in [-0.2, 0) is 11.2 Å². The summed E-state index contributed by atoms with van der Waals surface area (Å²) >= 11 is 0. The van der Waals surface area contributed by atoms with Gasteiger partial charge in [-0.2, -0.15) is 0 Å². The van der Waals surface area contributed by atoms with Gasteiger partial charge in [0.05, 0.1) is 6.61 Å². The number of nitrogens with one attached hydrogen (secondary N) is 2. The lowest BCUT2D eigenvalue weighted by atomic mass is 10.1. The van der Waals surface area contributed by atoms with Crippen molar-refractivity contribution in [3.05, 3.63) is 29.8 Å². The molecule has 1 aliphatic heterocycles. The van der Waals surface area contributed by atoms with Gasteiger partial charge in [0, 0.05) is 53.0 Å². The Balaban J connectivity index is 1.64. The van der Waals surface area contributed by atoms with Crippen molar-refractivity contribution in [2.45, 2.75) is 45.6 Å². The van der Waals surface area contributed by atoms with Crippen molar-refractivity contribution in [2.75, 3.05) is 53.6 Å². The Hall–Kier alpha value is -1.79. The van der Waals surface area contributed by atoms with Crippen LogP contribution in [0.15, 0.2) is 29.3 Å². The predicted molar refractivity (Wildman–Crippen MR) is 121 cm³/mol. The molecule has 0 amide bonds. The predicted octanol–water partition coefficient (Wildman–Crippen LogP) is 2.93. The molecule has 0 aliphatic carbocycles. The lowest BCUT2D eigenvalue weighted by Crippen LogP contribution is -2.49. The monoisotopic (exact) mass is 404 g/mol. The maximum atomic E-state index is 5.75. The fourth-order valence-corrected chi connectivity index (χ4v) is 3.46. The van der Waals surface area contributed by atoms with E-state index in [9.17, 15) is 0 Å². The van der Waals surface area contributed by atoms with Gasteiger partial charge >= 0.3 is 0 Å². The highest BCUT2D eigenvalue weighted by atomic mass is 16.5. The third kappa shape index (κ3) is 9.50. The molecular formula is C23H40N4O2. The molecule has 1 aromatic rings. The third-order valence-electron chi connectivity index (χ3n) is 5.19. The maximum Gasteiger partial charge on any atom is 0.191 e. The van der Waals surface area contributed by atoms with Crippen LogP contribution in [0.25, 0.3) is 0 Å². The van der Waals surface area contributed by atoms with E-state index in [1.807, 2.05) is 7.05 Å². The van der Waals surface area contributed by atoms with Gasteiger partial charge in [-0.3, -0.25) is 4.99 Å². The molecule has 1 aromatic carbocycles. The molecule has 0 saturated carbocycles. The Morgan fingerprint density at radius 3 is 2.55 bits per heavy atom. The molecule has 0 bridgehead atoms. The Labute approximate surface area is 177 Å². The number of piperidine rings is 1. The summed E-state index contributed by atoms with van der Waals surface area (Å²) in [6.45, 7) is 10.2. The van der Waals surface area contributed by atoms with Crippen molar-refractivity contribution in [1.29, 1.82) is 0 Å². The molecule has 0 unspecified atom stereocenters. The first-order chi connectivity index (χ1) is 14.1. The van der Waals surface area contributed by atoms with Gasteiger partial charge in [-0.15, -0.1) is 0 Å². The van der Waals surface area contributed by atoms with Crippen LogP contribution >= 0.6 is 0 Å². The number of rotatable bonds is 11. The second-order valence-corrected chi connectivity index (χ2v) is 8.20. The molecule has 29 heavy (non-hydrogen) atoms. The Kier molecular flexibility index (Phi) is 10.9. The summed E-state index contributed by atoms with van der Waals surface area (Å²) in [5.41, 5.74) is 1.30. The van der Waals surface area contributed by atoms with E-state index in [1.165, 1.54) is 5.56 Å². The number of ether oxygens (including phenoxy) is 2. The van der Waals surface area contributed by atoms with Gasteiger partial charge in [0.2, 0.25) is 0 Å². The lowest BCUT2D eigenvalue weighted by Gasteiger charge is -2.33. The van der Waals surface area contributed by atoms with Gasteiger partial charge in [-0.1, -0.05) is 26.0 Å². The molecule has 2 rings (SSSR count). The number of methoxy groups -OCH3 is 1. The van der Waals surface area contributed by atoms with Crippen LogP contribution in [0.1, 0.15) is 38.7 Å². The average Bonchev–Trinajstić information content (AvgIpc) is 2.73. The smallest absolute Gasteiger partial charge is 0.191 e. The number of hydrogen-bond donors (Lipinski definition) is 2. The number of nitrogens with zero attached hydrogens (tertiary/aromatic N) is 2. The van der Waals surface area contributed by atoms with Crippen molar-refractivity contribution < 1.29 is 9.47 Å². The molecule has 1 fully saturated rings. The van der Waals surface area contributed by atoms with Gasteiger partial charge in [0.1, 0.15) is 5.75 Å². The first-order valence-corrected chi connectivity index (χ1v) is 11.0. The van der Waals surface area contributed by atoms with Crippen LogP contribution in [0.5, 0.6) is 5.75 Å². The minimum atomic E-state index is 0.497. The summed E-state index contributed by atoms with van der Waals surface area (Å²) in [5, 5.41) is 7.03. The van der Waals surface area contributed by atoms with E-state index >= 15 is 0 Å². The number of hydrogen-bond acceptors (Lipinski definition) is 4. The van der Waals surface area contributed by atoms with E-state index in [0.29, 0.717) is 12.0 Å². The van der Waals surface area contributed by atoms with E-state index in [4.69, 9.17) is 9.47 Å². The van der Waals surface area contributed by atoms with Crippen LogP contribution in [0.4, 0.5) is 0 Å². The molecule has 2 N–H and O–H groups in total. The normalized spacial score (nSPS) is 16.2. The third-order valence-corrected chi connectivity index (χ3v) is 5.19. The molecule has 0 atom stereocenters. The summed E-state index contributed by atoms with van der Waals surface area (Å²) in [6.07, 6.45) is 4.39.